The molecule has 0 saturated heterocycles. The number of hydrogen-bond donors (Lipinski definition) is 2. The van der Waals surface area contributed by atoms with Gasteiger partial charge >= 0.3 is 11.9 Å². The van der Waals surface area contributed by atoms with E-state index in [1.165, 1.54) is 5.57 Å². The van der Waals surface area contributed by atoms with Crippen molar-refractivity contribution >= 4 is 35.2 Å². The molecule has 5 aliphatic carbocycles. The molecule has 1 aromatic rings. The number of fused-ring (bicyclic) bond motifs is 7. The SMILES string of the molecule is CC(C)C1=C2C3CCC4C5(C)CCC(OC(=O)CC(C)(C)C(=O)O)C(C)(C)C5CCC4(C)C3(C)CCC2(CCN(Cc2ccc(Cl)cc2)C(=O)CN)CC1=O. The van der Waals surface area contributed by atoms with E-state index in [0.29, 0.717) is 48.1 Å². The smallest absolute Gasteiger partial charge is 0.309 e. The Bertz CT molecular complexity index is 1730. The molecule has 6 rings (SSSR count). The van der Waals surface area contributed by atoms with Crippen LogP contribution in [0.1, 0.15) is 139 Å². The number of halogens is 1. The van der Waals surface area contributed by atoms with Gasteiger partial charge in [-0.15, -0.1) is 0 Å². The van der Waals surface area contributed by atoms with E-state index in [9.17, 15) is 24.3 Å². The van der Waals surface area contributed by atoms with Crippen molar-refractivity contribution in [2.45, 2.75) is 146 Å². The number of ether oxygens (including phenoxy) is 1. The first-order chi connectivity index (χ1) is 25.6. The molecule has 1 aromatic carbocycles. The van der Waals surface area contributed by atoms with Crippen molar-refractivity contribution in [3.63, 3.8) is 0 Å². The zero-order valence-corrected chi connectivity index (χ0v) is 35.7. The Balaban J connectivity index is 1.27. The zero-order chi connectivity index (χ0) is 40.5. The van der Waals surface area contributed by atoms with Gasteiger partial charge in [-0.1, -0.05) is 77.8 Å². The maximum absolute atomic E-state index is 14.2. The van der Waals surface area contributed by atoms with Crippen molar-refractivity contribution in [3.05, 3.63) is 46.0 Å². The zero-order valence-electron chi connectivity index (χ0n) is 35.0. The number of nitrogens with two attached hydrogens (primary N) is 1. The Hall–Kier alpha value is -2.71. The van der Waals surface area contributed by atoms with Crippen molar-refractivity contribution < 1.29 is 29.0 Å². The van der Waals surface area contributed by atoms with Crippen molar-refractivity contribution in [1.82, 2.24) is 4.90 Å². The van der Waals surface area contributed by atoms with E-state index >= 15 is 0 Å². The molecule has 0 spiro atoms. The second-order valence-electron chi connectivity index (χ2n) is 20.6. The normalized spacial score (nSPS) is 35.4. The highest BCUT2D eigenvalue weighted by Gasteiger charge is 2.70. The molecule has 0 aliphatic heterocycles. The minimum absolute atomic E-state index is 0.0133. The molecule has 304 valence electrons. The summed E-state index contributed by atoms with van der Waals surface area (Å²) in [5.74, 6) is 0.108. The number of Topliss-reactive ketones (excluding diaryl/α,β-unsaturated/α-hetero) is 1. The van der Waals surface area contributed by atoms with Gasteiger partial charge in [0.1, 0.15) is 6.10 Å². The quantitative estimate of drug-likeness (QED) is 0.214. The molecule has 0 heterocycles. The Kier molecular flexibility index (Phi) is 11.1. The Morgan fingerprint density at radius 2 is 1.62 bits per heavy atom. The van der Waals surface area contributed by atoms with Gasteiger partial charge in [-0.25, -0.2) is 0 Å². The molecule has 0 radical (unpaired) electrons. The van der Waals surface area contributed by atoms with Crippen LogP contribution in [0.2, 0.25) is 5.02 Å². The number of carbonyl (C=O) groups is 4. The van der Waals surface area contributed by atoms with Crippen LogP contribution in [0.3, 0.4) is 0 Å². The van der Waals surface area contributed by atoms with Crippen LogP contribution in [0, 0.1) is 56.2 Å². The van der Waals surface area contributed by atoms with Gasteiger partial charge in [0.05, 0.1) is 18.4 Å². The molecule has 1 amide bonds. The van der Waals surface area contributed by atoms with Gasteiger partial charge in [0, 0.05) is 35.4 Å². The highest BCUT2D eigenvalue weighted by atomic mass is 35.5. The number of aliphatic carboxylic acids is 1. The van der Waals surface area contributed by atoms with Crippen molar-refractivity contribution in [1.29, 1.82) is 0 Å². The van der Waals surface area contributed by atoms with Crippen LogP contribution in [-0.4, -0.2) is 52.8 Å². The molecular weight excluding hydrogens is 712 g/mol. The van der Waals surface area contributed by atoms with E-state index in [0.717, 1.165) is 68.9 Å². The number of carboxylic acids is 1. The van der Waals surface area contributed by atoms with E-state index in [1.54, 1.807) is 13.8 Å². The van der Waals surface area contributed by atoms with Gasteiger partial charge in [0.15, 0.2) is 5.78 Å². The first kappa shape index (κ1) is 41.9. The summed E-state index contributed by atoms with van der Waals surface area (Å²) >= 11 is 6.17. The van der Waals surface area contributed by atoms with Gasteiger partial charge < -0.3 is 20.5 Å². The topological polar surface area (TPSA) is 127 Å². The highest BCUT2D eigenvalue weighted by Crippen LogP contribution is 2.77. The number of carboxylic acid groups (broad SMARTS) is 1. The summed E-state index contributed by atoms with van der Waals surface area (Å²) in [6.45, 7) is 20.7. The van der Waals surface area contributed by atoms with Gasteiger partial charge in [-0.2, -0.15) is 0 Å². The van der Waals surface area contributed by atoms with Crippen molar-refractivity contribution in [3.8, 4) is 0 Å². The number of esters is 1. The summed E-state index contributed by atoms with van der Waals surface area (Å²) < 4.78 is 6.18. The first-order valence-electron chi connectivity index (χ1n) is 21.0. The summed E-state index contributed by atoms with van der Waals surface area (Å²) in [5, 5.41) is 10.3. The lowest BCUT2D eigenvalue weighted by Crippen LogP contribution is -2.65. The number of benzene rings is 1. The second kappa shape index (κ2) is 14.6. The van der Waals surface area contributed by atoms with Crippen molar-refractivity contribution in [2.24, 2.45) is 61.9 Å². The number of rotatable bonds is 11. The second-order valence-corrected chi connectivity index (χ2v) is 21.0. The average molecular weight is 780 g/mol. The van der Waals surface area contributed by atoms with E-state index in [-0.39, 0.29) is 58.0 Å². The highest BCUT2D eigenvalue weighted by molar-refractivity contribution is 6.30. The molecule has 0 bridgehead atoms. The van der Waals surface area contributed by atoms with Crippen molar-refractivity contribution in [2.75, 3.05) is 13.1 Å². The van der Waals surface area contributed by atoms with E-state index in [4.69, 9.17) is 22.1 Å². The number of allylic oxidation sites excluding steroid dienone is 2. The van der Waals surface area contributed by atoms with E-state index < -0.39 is 17.4 Å². The Morgan fingerprint density at radius 1 is 0.945 bits per heavy atom. The molecule has 55 heavy (non-hydrogen) atoms. The third-order valence-corrected chi connectivity index (χ3v) is 16.9. The monoisotopic (exact) mass is 778 g/mol. The van der Waals surface area contributed by atoms with E-state index in [2.05, 4.69) is 48.5 Å². The molecule has 8 nitrogen and oxygen atoms in total. The Morgan fingerprint density at radius 3 is 2.24 bits per heavy atom. The summed E-state index contributed by atoms with van der Waals surface area (Å²) in [6.07, 6.45) is 8.95. The van der Waals surface area contributed by atoms with Crippen LogP contribution in [0.4, 0.5) is 0 Å². The third-order valence-electron chi connectivity index (χ3n) is 16.6. The lowest BCUT2D eigenvalue weighted by atomic mass is 9.33. The minimum atomic E-state index is -1.17. The summed E-state index contributed by atoms with van der Waals surface area (Å²) in [6, 6.07) is 7.63. The van der Waals surface area contributed by atoms with Gasteiger partial charge in [0.25, 0.3) is 0 Å². The molecular formula is C46H67ClN2O6. The van der Waals surface area contributed by atoms with Crippen LogP contribution in [0.25, 0.3) is 0 Å². The maximum Gasteiger partial charge on any atom is 0.309 e. The summed E-state index contributed by atoms with van der Waals surface area (Å²) in [5.41, 5.74) is 7.90. The fraction of sp³-hybridized carbons (Fsp3) is 0.739. The van der Waals surface area contributed by atoms with Crippen LogP contribution in [0.5, 0.6) is 0 Å². The number of hydrogen-bond acceptors (Lipinski definition) is 6. The molecule has 8 atom stereocenters. The molecule has 5 aliphatic rings. The number of amides is 1. The number of carbonyl (C=O) groups excluding carboxylic acids is 3. The predicted molar refractivity (Wildman–Crippen MR) is 216 cm³/mol. The summed E-state index contributed by atoms with van der Waals surface area (Å²) in [4.78, 5) is 54.2. The fourth-order valence-electron chi connectivity index (χ4n) is 13.5. The summed E-state index contributed by atoms with van der Waals surface area (Å²) in [7, 11) is 0. The van der Waals surface area contributed by atoms with Crippen LogP contribution in [-0.2, 0) is 30.5 Å². The van der Waals surface area contributed by atoms with Crippen LogP contribution >= 0.6 is 11.6 Å². The average Bonchev–Trinajstić information content (AvgIpc) is 3.40. The predicted octanol–water partition coefficient (Wildman–Crippen LogP) is 9.41. The fourth-order valence-corrected chi connectivity index (χ4v) is 13.6. The maximum atomic E-state index is 14.2. The standard InChI is InChI=1S/C46H67ClN2O6/c1-28(2)38-32(50)24-46(22-23-49(36(51)26-48)27-29-10-12-30(47)13-11-29)21-20-44(8)31(39(38)46)14-15-34-43(7)18-17-35(55-37(52)25-41(3,4)40(53)54)42(5,6)33(43)16-19-45(34,44)9/h10-13,28,31,33-35H,14-27,48H2,1-9H3,(H,53,54). The van der Waals surface area contributed by atoms with Crippen LogP contribution < -0.4 is 5.73 Å². The number of nitrogens with zero attached hydrogens (tertiary/aromatic N) is 1. The van der Waals surface area contributed by atoms with Gasteiger partial charge in [-0.05, 0) is 135 Å². The number of ketones is 1. The molecule has 3 N–H and O–H groups in total. The third kappa shape index (κ3) is 6.91. The molecule has 8 unspecified atom stereocenters. The molecule has 9 heteroatoms. The van der Waals surface area contributed by atoms with Gasteiger partial charge in [0.2, 0.25) is 5.91 Å². The van der Waals surface area contributed by atoms with Gasteiger partial charge in [-0.3, -0.25) is 19.2 Å². The van der Waals surface area contributed by atoms with E-state index in [1.807, 2.05) is 29.2 Å². The molecule has 0 aromatic heterocycles. The Labute approximate surface area is 334 Å². The minimum Gasteiger partial charge on any atom is -0.481 e. The molecule has 4 saturated carbocycles. The first-order valence-corrected chi connectivity index (χ1v) is 21.4. The lowest BCUT2D eigenvalue weighted by molar-refractivity contribution is -0.233. The molecule has 4 fully saturated rings. The lowest BCUT2D eigenvalue weighted by Gasteiger charge is -2.72. The van der Waals surface area contributed by atoms with Crippen LogP contribution in [0.15, 0.2) is 35.4 Å². The largest absolute Gasteiger partial charge is 0.481 e.